The molecule has 2 heterocycles. The summed E-state index contributed by atoms with van der Waals surface area (Å²) in [6, 6.07) is 4.36. The number of nitrogens with zero attached hydrogens (tertiary/aromatic N) is 3. The second-order valence-corrected chi connectivity index (χ2v) is 10.8. The van der Waals surface area contributed by atoms with Gasteiger partial charge < -0.3 is 19.6 Å². The summed E-state index contributed by atoms with van der Waals surface area (Å²) in [6.45, 7) is 4.88. The number of imide groups is 1. The Balaban J connectivity index is 1.44. The van der Waals surface area contributed by atoms with E-state index < -0.39 is 47.7 Å². The first-order valence-corrected chi connectivity index (χ1v) is 13.1. The van der Waals surface area contributed by atoms with E-state index in [4.69, 9.17) is 27.9 Å². The van der Waals surface area contributed by atoms with E-state index in [0.717, 1.165) is 10.6 Å². The van der Waals surface area contributed by atoms with Crippen molar-refractivity contribution >= 4 is 58.5 Å². The fourth-order valence-electron chi connectivity index (χ4n) is 4.44. The Hall–Kier alpha value is -2.89. The molecule has 2 fully saturated rings. The number of carboxylic acids is 1. The van der Waals surface area contributed by atoms with Crippen LogP contribution in [0.5, 0.6) is 0 Å². The Labute approximate surface area is 231 Å². The number of piperidine rings is 1. The maximum atomic E-state index is 12.8. The number of carbonyl (C=O) groups is 5. The van der Waals surface area contributed by atoms with Crippen molar-refractivity contribution in [1.82, 2.24) is 15.1 Å². The van der Waals surface area contributed by atoms with Crippen LogP contribution in [0.25, 0.3) is 0 Å². The number of piperazine rings is 1. The zero-order valence-electron chi connectivity index (χ0n) is 21.4. The standard InChI is InChI=1S/C25H32Cl2N4O7/c1-25(2,21(33)22(34)31-9-4-3-7-18(31)23(35)36)15-38-24(37)28-19(32)14-29-10-12-30(13-11-29)17-8-5-6-16(26)20(17)27/h5-6,8,18H,3-4,7,9-15H2,1-2H3,(H,35,36)(H,28,32,37). The van der Waals surface area contributed by atoms with Gasteiger partial charge in [0.25, 0.3) is 5.91 Å². The Morgan fingerprint density at radius 2 is 1.74 bits per heavy atom. The van der Waals surface area contributed by atoms with Gasteiger partial charge in [0.15, 0.2) is 0 Å². The number of alkyl carbamates (subject to hydrolysis) is 1. The molecule has 1 unspecified atom stereocenters. The molecule has 2 aliphatic heterocycles. The number of rotatable bonds is 8. The van der Waals surface area contributed by atoms with Crippen LogP contribution in [0.15, 0.2) is 18.2 Å². The number of carbonyl (C=O) groups excluding carboxylic acids is 4. The van der Waals surface area contributed by atoms with Crippen LogP contribution >= 0.6 is 23.2 Å². The topological polar surface area (TPSA) is 137 Å². The predicted octanol–water partition coefficient (Wildman–Crippen LogP) is 2.43. The predicted molar refractivity (Wildman–Crippen MR) is 140 cm³/mol. The van der Waals surface area contributed by atoms with Crippen LogP contribution in [0.4, 0.5) is 10.5 Å². The van der Waals surface area contributed by atoms with E-state index in [1.54, 1.807) is 6.07 Å². The molecule has 1 aromatic rings. The average molecular weight is 571 g/mol. The van der Waals surface area contributed by atoms with Crippen LogP contribution in [-0.4, -0.2) is 96.5 Å². The van der Waals surface area contributed by atoms with E-state index in [0.29, 0.717) is 49.1 Å². The summed E-state index contributed by atoms with van der Waals surface area (Å²) in [4.78, 5) is 66.6. The summed E-state index contributed by atoms with van der Waals surface area (Å²) in [5.74, 6) is -3.50. The van der Waals surface area contributed by atoms with Gasteiger partial charge in [-0.2, -0.15) is 0 Å². The fourth-order valence-corrected chi connectivity index (χ4v) is 4.85. The summed E-state index contributed by atoms with van der Waals surface area (Å²) in [5.41, 5.74) is -0.586. The molecular weight excluding hydrogens is 539 g/mol. The number of hydrogen-bond acceptors (Lipinski definition) is 8. The van der Waals surface area contributed by atoms with E-state index in [2.05, 4.69) is 10.2 Å². The quantitative estimate of drug-likeness (QED) is 0.451. The monoisotopic (exact) mass is 570 g/mol. The lowest BCUT2D eigenvalue weighted by Gasteiger charge is -2.36. The molecule has 2 N–H and O–H groups in total. The van der Waals surface area contributed by atoms with Gasteiger partial charge in [0.1, 0.15) is 12.6 Å². The molecule has 13 heteroatoms. The highest BCUT2D eigenvalue weighted by molar-refractivity contribution is 6.43. The molecule has 2 saturated heterocycles. The molecule has 0 radical (unpaired) electrons. The minimum Gasteiger partial charge on any atom is -0.480 e. The third-order valence-corrected chi connectivity index (χ3v) is 7.48. The molecule has 0 saturated carbocycles. The lowest BCUT2D eigenvalue weighted by molar-refractivity contribution is -0.158. The van der Waals surface area contributed by atoms with Crippen molar-refractivity contribution in [1.29, 1.82) is 0 Å². The highest BCUT2D eigenvalue weighted by Crippen LogP contribution is 2.32. The van der Waals surface area contributed by atoms with Crippen molar-refractivity contribution in [2.75, 3.05) is 50.8 Å². The number of likely N-dealkylation sites (tertiary alicyclic amines) is 1. The summed E-state index contributed by atoms with van der Waals surface area (Å²) < 4.78 is 5.07. The molecule has 3 amide bonds. The number of nitrogens with one attached hydrogen (secondary N) is 1. The molecular formula is C25H32Cl2N4O7. The first-order chi connectivity index (χ1) is 17.9. The summed E-state index contributed by atoms with van der Waals surface area (Å²) in [5, 5.41) is 12.5. The minimum absolute atomic E-state index is 0.0292. The molecule has 3 rings (SSSR count). The fraction of sp³-hybridized carbons (Fsp3) is 0.560. The number of hydrogen-bond donors (Lipinski definition) is 2. The van der Waals surface area contributed by atoms with Crippen LogP contribution in [0.2, 0.25) is 10.0 Å². The molecule has 1 atom stereocenters. The van der Waals surface area contributed by atoms with E-state index in [1.165, 1.54) is 13.8 Å². The highest BCUT2D eigenvalue weighted by atomic mass is 35.5. The van der Waals surface area contributed by atoms with E-state index in [1.807, 2.05) is 17.0 Å². The van der Waals surface area contributed by atoms with Crippen LogP contribution in [-0.2, 0) is 23.9 Å². The molecule has 0 bridgehead atoms. The Kier molecular flexibility index (Phi) is 9.97. The molecule has 208 valence electrons. The third kappa shape index (κ3) is 7.36. The lowest BCUT2D eigenvalue weighted by atomic mass is 9.87. The van der Waals surface area contributed by atoms with Crippen LogP contribution in [0, 0.1) is 5.41 Å². The summed E-state index contributed by atoms with van der Waals surface area (Å²) in [7, 11) is 0. The number of amides is 3. The highest BCUT2D eigenvalue weighted by Gasteiger charge is 2.41. The zero-order valence-corrected chi connectivity index (χ0v) is 22.9. The molecule has 38 heavy (non-hydrogen) atoms. The first-order valence-electron chi connectivity index (χ1n) is 12.4. The number of ketones is 1. The number of anilines is 1. The van der Waals surface area contributed by atoms with Crippen LogP contribution in [0.3, 0.4) is 0 Å². The second-order valence-electron chi connectivity index (χ2n) is 10.0. The normalized spacial score (nSPS) is 18.6. The SMILES string of the molecule is CC(C)(COC(=O)NC(=O)CN1CCN(c2cccc(Cl)c2Cl)CC1)C(=O)C(=O)N1CCCCC1C(=O)O. The van der Waals surface area contributed by atoms with Crippen molar-refractivity contribution in [3.05, 3.63) is 28.2 Å². The van der Waals surface area contributed by atoms with Crippen molar-refractivity contribution in [2.24, 2.45) is 5.41 Å². The maximum absolute atomic E-state index is 12.8. The van der Waals surface area contributed by atoms with Crippen molar-refractivity contribution in [3.63, 3.8) is 0 Å². The number of Topliss-reactive ketones (excluding diaryl/α,β-unsaturated/α-hetero) is 1. The van der Waals surface area contributed by atoms with Gasteiger partial charge in [-0.15, -0.1) is 0 Å². The van der Waals surface area contributed by atoms with Gasteiger partial charge in [0.2, 0.25) is 11.7 Å². The Morgan fingerprint density at radius 3 is 2.39 bits per heavy atom. The number of ether oxygens (including phenoxy) is 1. The molecule has 1 aromatic carbocycles. The molecule has 0 aromatic heterocycles. The number of halogens is 2. The van der Waals surface area contributed by atoms with Gasteiger partial charge >= 0.3 is 12.1 Å². The van der Waals surface area contributed by atoms with Crippen molar-refractivity contribution in [2.45, 2.75) is 39.2 Å². The molecule has 0 spiro atoms. The van der Waals surface area contributed by atoms with Gasteiger partial charge in [0, 0.05) is 32.7 Å². The van der Waals surface area contributed by atoms with Gasteiger partial charge in [-0.25, -0.2) is 9.59 Å². The van der Waals surface area contributed by atoms with Gasteiger partial charge in [-0.1, -0.05) is 29.3 Å². The molecule has 2 aliphatic rings. The maximum Gasteiger partial charge on any atom is 0.413 e. The van der Waals surface area contributed by atoms with Gasteiger partial charge in [-0.3, -0.25) is 24.6 Å². The number of aliphatic carboxylic acids is 1. The zero-order chi connectivity index (χ0) is 28.0. The smallest absolute Gasteiger partial charge is 0.413 e. The largest absolute Gasteiger partial charge is 0.480 e. The second kappa shape index (κ2) is 12.8. The average Bonchev–Trinajstić information content (AvgIpc) is 2.88. The Bertz CT molecular complexity index is 1090. The molecule has 0 aliphatic carbocycles. The van der Waals surface area contributed by atoms with Crippen LogP contribution in [0.1, 0.15) is 33.1 Å². The van der Waals surface area contributed by atoms with E-state index in [9.17, 15) is 29.1 Å². The summed E-state index contributed by atoms with van der Waals surface area (Å²) >= 11 is 12.4. The lowest BCUT2D eigenvalue weighted by Crippen LogP contribution is -2.53. The van der Waals surface area contributed by atoms with Crippen LogP contribution < -0.4 is 10.2 Å². The van der Waals surface area contributed by atoms with Crippen molar-refractivity contribution in [3.8, 4) is 0 Å². The minimum atomic E-state index is -1.41. The first kappa shape index (κ1) is 29.7. The van der Waals surface area contributed by atoms with Gasteiger partial charge in [0.05, 0.1) is 27.7 Å². The summed E-state index contributed by atoms with van der Waals surface area (Å²) in [6.07, 6.45) is 0.503. The van der Waals surface area contributed by atoms with E-state index in [-0.39, 0.29) is 19.5 Å². The van der Waals surface area contributed by atoms with Crippen molar-refractivity contribution < 1.29 is 33.8 Å². The number of carboxylic acid groups (broad SMARTS) is 1. The Morgan fingerprint density at radius 1 is 1.05 bits per heavy atom. The van der Waals surface area contributed by atoms with E-state index >= 15 is 0 Å². The van der Waals surface area contributed by atoms with Gasteiger partial charge in [-0.05, 0) is 45.2 Å². The molecule has 11 nitrogen and oxygen atoms in total. The number of benzene rings is 1. The third-order valence-electron chi connectivity index (χ3n) is 6.67.